The lowest BCUT2D eigenvalue weighted by atomic mass is 10.0. The summed E-state index contributed by atoms with van der Waals surface area (Å²) < 4.78 is 0. The number of rotatable bonds is 1. The Labute approximate surface area is 77.0 Å². The first-order valence-corrected chi connectivity index (χ1v) is 4.76. The van der Waals surface area contributed by atoms with Gasteiger partial charge in [-0.05, 0) is 30.4 Å². The third-order valence-electron chi connectivity index (χ3n) is 2.92. The number of carbonyl (C=O) groups excluding carboxylic acids is 1. The first kappa shape index (κ1) is 7.13. The quantitative estimate of drug-likeness (QED) is 0.690. The smallest absolute Gasteiger partial charge is 0.252 e. The highest BCUT2D eigenvalue weighted by atomic mass is 16.2. The van der Waals surface area contributed by atoms with Crippen LogP contribution in [0.2, 0.25) is 0 Å². The summed E-state index contributed by atoms with van der Waals surface area (Å²) >= 11 is 0. The Morgan fingerprint density at radius 2 is 2.00 bits per heavy atom. The highest BCUT2D eigenvalue weighted by Gasteiger charge is 2.39. The molecule has 1 aliphatic carbocycles. The summed E-state index contributed by atoms with van der Waals surface area (Å²) in [5, 5.41) is 3.04. The van der Waals surface area contributed by atoms with Crippen molar-refractivity contribution in [1.29, 1.82) is 0 Å². The second-order valence-electron chi connectivity index (χ2n) is 3.88. The second kappa shape index (κ2) is 2.34. The normalized spacial score (nSPS) is 25.5. The molecular formula is C11H11NO. The number of amides is 1. The van der Waals surface area contributed by atoms with Gasteiger partial charge in [0.25, 0.3) is 5.91 Å². The molecule has 1 fully saturated rings. The Morgan fingerprint density at radius 3 is 2.77 bits per heavy atom. The molecular weight excluding hydrogens is 162 g/mol. The first-order chi connectivity index (χ1) is 6.36. The van der Waals surface area contributed by atoms with Crippen LogP contribution < -0.4 is 5.32 Å². The molecule has 1 aromatic rings. The van der Waals surface area contributed by atoms with Gasteiger partial charge in [0, 0.05) is 5.56 Å². The molecule has 1 saturated carbocycles. The summed E-state index contributed by atoms with van der Waals surface area (Å²) in [5.74, 6) is 0.806. The minimum absolute atomic E-state index is 0.104. The van der Waals surface area contributed by atoms with Crippen molar-refractivity contribution >= 4 is 5.91 Å². The van der Waals surface area contributed by atoms with Gasteiger partial charge >= 0.3 is 0 Å². The van der Waals surface area contributed by atoms with Gasteiger partial charge in [-0.3, -0.25) is 4.79 Å². The maximum absolute atomic E-state index is 11.5. The van der Waals surface area contributed by atoms with E-state index in [-0.39, 0.29) is 5.91 Å². The molecule has 1 aliphatic heterocycles. The van der Waals surface area contributed by atoms with Crippen LogP contribution >= 0.6 is 0 Å². The SMILES string of the molecule is O=C1NC(C2CC2)c2ccccc21. The van der Waals surface area contributed by atoms with E-state index >= 15 is 0 Å². The maximum Gasteiger partial charge on any atom is 0.252 e. The molecule has 1 amide bonds. The molecule has 3 rings (SSSR count). The Hall–Kier alpha value is -1.31. The summed E-state index contributed by atoms with van der Waals surface area (Å²) in [4.78, 5) is 11.5. The molecule has 2 heteroatoms. The Kier molecular flexibility index (Phi) is 1.29. The fourth-order valence-electron chi connectivity index (χ4n) is 2.07. The largest absolute Gasteiger partial charge is 0.345 e. The molecule has 0 saturated heterocycles. The molecule has 1 unspecified atom stereocenters. The minimum Gasteiger partial charge on any atom is -0.345 e. The molecule has 66 valence electrons. The Balaban J connectivity index is 2.08. The molecule has 2 aliphatic rings. The molecule has 1 heterocycles. The molecule has 2 nitrogen and oxygen atoms in total. The van der Waals surface area contributed by atoms with Crippen LogP contribution in [0, 0.1) is 5.92 Å². The van der Waals surface area contributed by atoms with Crippen molar-refractivity contribution < 1.29 is 4.79 Å². The van der Waals surface area contributed by atoms with E-state index in [0.717, 1.165) is 5.56 Å². The standard InChI is InChI=1S/C11H11NO/c13-11-9-4-2-1-3-8(9)10(12-11)7-5-6-7/h1-4,7,10H,5-6H2,(H,12,13). The summed E-state index contributed by atoms with van der Waals surface area (Å²) in [6, 6.07) is 8.22. The monoisotopic (exact) mass is 173 g/mol. The molecule has 0 aromatic heterocycles. The van der Waals surface area contributed by atoms with Crippen molar-refractivity contribution in [2.45, 2.75) is 18.9 Å². The van der Waals surface area contributed by atoms with E-state index in [9.17, 15) is 4.79 Å². The Bertz CT molecular complexity index is 368. The van der Waals surface area contributed by atoms with Gasteiger partial charge in [0.1, 0.15) is 0 Å². The highest BCUT2D eigenvalue weighted by Crippen LogP contribution is 2.44. The van der Waals surface area contributed by atoms with Crippen LogP contribution in [0.25, 0.3) is 0 Å². The predicted octanol–water partition coefficient (Wildman–Crippen LogP) is 1.88. The number of carbonyl (C=O) groups is 1. The fraction of sp³-hybridized carbons (Fsp3) is 0.364. The van der Waals surface area contributed by atoms with Gasteiger partial charge in [-0.15, -0.1) is 0 Å². The van der Waals surface area contributed by atoms with E-state index in [1.165, 1.54) is 18.4 Å². The lowest BCUT2D eigenvalue weighted by Crippen LogP contribution is -2.20. The zero-order valence-electron chi connectivity index (χ0n) is 7.29. The van der Waals surface area contributed by atoms with Gasteiger partial charge in [-0.25, -0.2) is 0 Å². The number of benzene rings is 1. The third-order valence-corrected chi connectivity index (χ3v) is 2.92. The van der Waals surface area contributed by atoms with Crippen molar-refractivity contribution in [3.63, 3.8) is 0 Å². The van der Waals surface area contributed by atoms with Gasteiger partial charge in [0.15, 0.2) is 0 Å². The van der Waals surface area contributed by atoms with Gasteiger partial charge < -0.3 is 5.32 Å². The highest BCUT2D eigenvalue weighted by molar-refractivity contribution is 5.99. The molecule has 1 atom stereocenters. The lowest BCUT2D eigenvalue weighted by Gasteiger charge is -2.08. The van der Waals surface area contributed by atoms with Crippen LogP contribution in [0.1, 0.15) is 34.8 Å². The van der Waals surface area contributed by atoms with E-state index in [1.54, 1.807) is 0 Å². The van der Waals surface area contributed by atoms with E-state index in [1.807, 2.05) is 18.2 Å². The zero-order chi connectivity index (χ0) is 8.84. The van der Waals surface area contributed by atoms with Crippen molar-refractivity contribution in [3.05, 3.63) is 35.4 Å². The molecule has 0 bridgehead atoms. The van der Waals surface area contributed by atoms with Crippen LogP contribution in [-0.4, -0.2) is 5.91 Å². The predicted molar refractivity (Wildman–Crippen MR) is 49.4 cm³/mol. The van der Waals surface area contributed by atoms with Crippen molar-refractivity contribution in [3.8, 4) is 0 Å². The van der Waals surface area contributed by atoms with Crippen molar-refractivity contribution in [2.75, 3.05) is 0 Å². The van der Waals surface area contributed by atoms with Gasteiger partial charge in [0.2, 0.25) is 0 Å². The van der Waals surface area contributed by atoms with E-state index in [0.29, 0.717) is 12.0 Å². The Morgan fingerprint density at radius 1 is 1.23 bits per heavy atom. The van der Waals surface area contributed by atoms with Crippen molar-refractivity contribution in [2.24, 2.45) is 5.92 Å². The summed E-state index contributed by atoms with van der Waals surface area (Å²) in [6.45, 7) is 0. The van der Waals surface area contributed by atoms with Crippen LogP contribution in [0.15, 0.2) is 24.3 Å². The minimum atomic E-state index is 0.104. The van der Waals surface area contributed by atoms with Crippen LogP contribution in [0.5, 0.6) is 0 Å². The number of hydrogen-bond donors (Lipinski definition) is 1. The molecule has 0 spiro atoms. The second-order valence-corrected chi connectivity index (χ2v) is 3.88. The maximum atomic E-state index is 11.5. The lowest BCUT2D eigenvalue weighted by molar-refractivity contribution is 0.0953. The van der Waals surface area contributed by atoms with E-state index < -0.39 is 0 Å². The van der Waals surface area contributed by atoms with Crippen LogP contribution in [-0.2, 0) is 0 Å². The average molecular weight is 173 g/mol. The topological polar surface area (TPSA) is 29.1 Å². The first-order valence-electron chi connectivity index (χ1n) is 4.76. The fourth-order valence-corrected chi connectivity index (χ4v) is 2.07. The van der Waals surface area contributed by atoms with Gasteiger partial charge in [0.05, 0.1) is 6.04 Å². The molecule has 0 radical (unpaired) electrons. The van der Waals surface area contributed by atoms with E-state index in [2.05, 4.69) is 11.4 Å². The number of hydrogen-bond acceptors (Lipinski definition) is 1. The molecule has 1 N–H and O–H groups in total. The molecule has 13 heavy (non-hydrogen) atoms. The number of nitrogens with one attached hydrogen (secondary N) is 1. The third kappa shape index (κ3) is 0.981. The van der Waals surface area contributed by atoms with Gasteiger partial charge in [-0.2, -0.15) is 0 Å². The summed E-state index contributed by atoms with van der Waals surface area (Å²) in [7, 11) is 0. The summed E-state index contributed by atoms with van der Waals surface area (Å²) in [5.41, 5.74) is 2.08. The number of fused-ring (bicyclic) bond motifs is 1. The zero-order valence-corrected chi connectivity index (χ0v) is 7.29. The van der Waals surface area contributed by atoms with Crippen LogP contribution in [0.3, 0.4) is 0 Å². The average Bonchev–Trinajstić information content (AvgIpc) is 2.94. The van der Waals surface area contributed by atoms with Crippen molar-refractivity contribution in [1.82, 2.24) is 5.32 Å². The van der Waals surface area contributed by atoms with E-state index in [4.69, 9.17) is 0 Å². The van der Waals surface area contributed by atoms with Crippen LogP contribution in [0.4, 0.5) is 0 Å². The summed E-state index contributed by atoms with van der Waals surface area (Å²) in [6.07, 6.45) is 2.53. The molecule has 1 aromatic carbocycles. The van der Waals surface area contributed by atoms with Gasteiger partial charge in [-0.1, -0.05) is 18.2 Å².